The van der Waals surface area contributed by atoms with E-state index in [1.807, 2.05) is 43.3 Å². The molecule has 0 aliphatic carbocycles. The van der Waals surface area contributed by atoms with Gasteiger partial charge in [-0.3, -0.25) is 9.69 Å². The highest BCUT2D eigenvalue weighted by molar-refractivity contribution is 6.31. The number of carbonyl (C=O) groups is 2. The van der Waals surface area contributed by atoms with Gasteiger partial charge in [0.1, 0.15) is 12.4 Å². The molecular weight excluding hydrogens is 366 g/mol. The molecule has 0 unspecified atom stereocenters. The van der Waals surface area contributed by atoms with Crippen molar-refractivity contribution in [2.24, 2.45) is 0 Å². The highest BCUT2D eigenvalue weighted by Gasteiger charge is 2.43. The van der Waals surface area contributed by atoms with Crippen LogP contribution in [0.1, 0.15) is 23.5 Å². The summed E-state index contributed by atoms with van der Waals surface area (Å²) in [5.74, 6) is -0.246. The minimum absolute atomic E-state index is 0.0665. The Bertz CT molecular complexity index is 982. The summed E-state index contributed by atoms with van der Waals surface area (Å²) in [6.07, 6.45) is 0.153. The molecule has 0 saturated heterocycles. The summed E-state index contributed by atoms with van der Waals surface area (Å²) in [4.78, 5) is 27.1. The van der Waals surface area contributed by atoms with E-state index in [1.54, 1.807) is 18.1 Å². The minimum atomic E-state index is -0.393. The minimum Gasteiger partial charge on any atom is -0.496 e. The number of anilines is 1. The predicted octanol–water partition coefficient (Wildman–Crippen LogP) is 3.99. The quantitative estimate of drug-likeness (QED) is 0.752. The number of carbonyl (C=O) groups excluding carboxylic acids is 2. The maximum atomic E-state index is 13.1. The third-order valence-corrected chi connectivity index (χ3v) is 5.45. The zero-order chi connectivity index (χ0) is 19.1. The van der Waals surface area contributed by atoms with E-state index >= 15 is 0 Å². The first-order valence-electron chi connectivity index (χ1n) is 8.63. The number of aryl methyl sites for hydroxylation is 1. The second-order valence-corrected chi connectivity index (χ2v) is 7.00. The van der Waals surface area contributed by atoms with Gasteiger partial charge < -0.3 is 9.47 Å². The predicted molar refractivity (Wildman–Crippen MR) is 102 cm³/mol. The molecule has 6 heteroatoms. The van der Waals surface area contributed by atoms with Crippen molar-refractivity contribution in [3.8, 4) is 5.75 Å². The topological polar surface area (TPSA) is 55.8 Å². The molecule has 4 rings (SSSR count). The monoisotopic (exact) mass is 383 g/mol. The number of esters is 1. The Morgan fingerprint density at radius 3 is 2.70 bits per heavy atom. The van der Waals surface area contributed by atoms with Crippen LogP contribution in [0.5, 0.6) is 5.75 Å². The van der Waals surface area contributed by atoms with E-state index in [2.05, 4.69) is 0 Å². The molecule has 2 aromatic carbocycles. The summed E-state index contributed by atoms with van der Waals surface area (Å²) in [5.41, 5.74) is 3.45. The lowest BCUT2D eigenvalue weighted by Crippen LogP contribution is -2.37. The lowest BCUT2D eigenvalue weighted by molar-refractivity contribution is -0.136. The molecule has 27 heavy (non-hydrogen) atoms. The second-order valence-electron chi connectivity index (χ2n) is 6.60. The smallest absolute Gasteiger partial charge is 0.336 e. The summed E-state index contributed by atoms with van der Waals surface area (Å²) in [5, 5.41) is 0.569. The van der Waals surface area contributed by atoms with Gasteiger partial charge in [0, 0.05) is 22.9 Å². The number of hydrogen-bond acceptors (Lipinski definition) is 4. The number of ether oxygens (including phenoxy) is 2. The summed E-state index contributed by atoms with van der Waals surface area (Å²) in [6.45, 7) is 1.96. The zero-order valence-electron chi connectivity index (χ0n) is 15.0. The van der Waals surface area contributed by atoms with Crippen LogP contribution in [0.4, 0.5) is 5.69 Å². The maximum absolute atomic E-state index is 13.1. The standard InChI is InChI=1S/C21H18ClNO4/c1-12-7-8-13(9-16(12)22)23-17-11-27-21(25)20(17)15(10-19(23)24)14-5-3-4-6-18(14)26-2/h3-9,15H,10-11H2,1-2H3/t15-/m1/s1. The van der Waals surface area contributed by atoms with Gasteiger partial charge in [-0.1, -0.05) is 35.9 Å². The van der Waals surface area contributed by atoms with Gasteiger partial charge in [-0.15, -0.1) is 0 Å². The Morgan fingerprint density at radius 1 is 1.19 bits per heavy atom. The number of nitrogens with zero attached hydrogens (tertiary/aromatic N) is 1. The molecule has 1 amide bonds. The molecular formula is C21H18ClNO4. The van der Waals surface area contributed by atoms with Crippen LogP contribution < -0.4 is 9.64 Å². The largest absolute Gasteiger partial charge is 0.496 e. The number of benzene rings is 2. The molecule has 0 radical (unpaired) electrons. The summed E-state index contributed by atoms with van der Waals surface area (Å²) in [6, 6.07) is 12.9. The highest BCUT2D eigenvalue weighted by atomic mass is 35.5. The van der Waals surface area contributed by atoms with E-state index in [4.69, 9.17) is 21.1 Å². The van der Waals surface area contributed by atoms with E-state index in [0.717, 1.165) is 11.1 Å². The van der Waals surface area contributed by atoms with Gasteiger partial charge in [-0.05, 0) is 30.7 Å². The third-order valence-electron chi connectivity index (χ3n) is 5.05. The van der Waals surface area contributed by atoms with Crippen molar-refractivity contribution in [2.75, 3.05) is 18.6 Å². The molecule has 0 saturated carbocycles. The van der Waals surface area contributed by atoms with Gasteiger partial charge in [0.15, 0.2) is 0 Å². The molecule has 138 valence electrons. The van der Waals surface area contributed by atoms with Crippen LogP contribution in [-0.2, 0) is 14.3 Å². The van der Waals surface area contributed by atoms with Crippen LogP contribution in [0.3, 0.4) is 0 Å². The van der Waals surface area contributed by atoms with E-state index in [-0.39, 0.29) is 18.9 Å². The van der Waals surface area contributed by atoms with Gasteiger partial charge in [0.25, 0.3) is 0 Å². The average molecular weight is 384 g/mol. The number of methoxy groups -OCH3 is 1. The number of para-hydroxylation sites is 1. The van der Waals surface area contributed by atoms with Crippen LogP contribution in [0.2, 0.25) is 5.02 Å². The first-order chi connectivity index (χ1) is 13.0. The van der Waals surface area contributed by atoms with Gasteiger partial charge in [0.2, 0.25) is 5.91 Å². The molecule has 2 aliphatic heterocycles. The van der Waals surface area contributed by atoms with Crippen molar-refractivity contribution in [3.63, 3.8) is 0 Å². The SMILES string of the molecule is COc1ccccc1[C@H]1CC(=O)N(c2ccc(C)c(Cl)c2)C2=C1C(=O)OC2. The Morgan fingerprint density at radius 2 is 1.96 bits per heavy atom. The first-order valence-corrected chi connectivity index (χ1v) is 9.01. The van der Waals surface area contributed by atoms with Gasteiger partial charge in [-0.2, -0.15) is 0 Å². The Balaban J connectivity index is 1.85. The van der Waals surface area contributed by atoms with Crippen LogP contribution in [-0.4, -0.2) is 25.6 Å². The van der Waals surface area contributed by atoms with Crippen molar-refractivity contribution in [1.29, 1.82) is 0 Å². The molecule has 1 atom stereocenters. The van der Waals surface area contributed by atoms with Gasteiger partial charge in [-0.25, -0.2) is 4.79 Å². The summed E-state index contributed by atoms with van der Waals surface area (Å²) in [7, 11) is 1.58. The zero-order valence-corrected chi connectivity index (χ0v) is 15.7. The van der Waals surface area contributed by atoms with Crippen molar-refractivity contribution in [3.05, 3.63) is 69.9 Å². The Hall–Kier alpha value is -2.79. The molecule has 0 bridgehead atoms. The molecule has 0 fully saturated rings. The van der Waals surface area contributed by atoms with Crippen molar-refractivity contribution < 1.29 is 19.1 Å². The molecule has 2 heterocycles. The molecule has 0 spiro atoms. The third kappa shape index (κ3) is 2.88. The van der Waals surface area contributed by atoms with Crippen molar-refractivity contribution in [1.82, 2.24) is 0 Å². The van der Waals surface area contributed by atoms with Crippen LogP contribution in [0, 0.1) is 6.92 Å². The van der Waals surface area contributed by atoms with Gasteiger partial charge in [0.05, 0.1) is 24.1 Å². The lowest BCUT2D eigenvalue weighted by atomic mass is 9.83. The van der Waals surface area contributed by atoms with Crippen LogP contribution >= 0.6 is 11.6 Å². The summed E-state index contributed by atoms with van der Waals surface area (Å²) < 4.78 is 10.7. The molecule has 0 N–H and O–H groups in total. The number of amides is 1. The van der Waals surface area contributed by atoms with E-state index < -0.39 is 11.9 Å². The fraction of sp³-hybridized carbons (Fsp3) is 0.238. The van der Waals surface area contributed by atoms with Crippen LogP contribution in [0.15, 0.2) is 53.7 Å². The number of rotatable bonds is 3. The average Bonchev–Trinajstić information content (AvgIpc) is 3.05. The van der Waals surface area contributed by atoms with E-state index in [1.165, 1.54) is 0 Å². The van der Waals surface area contributed by atoms with Crippen LogP contribution in [0.25, 0.3) is 0 Å². The highest BCUT2D eigenvalue weighted by Crippen LogP contribution is 2.44. The van der Waals surface area contributed by atoms with Gasteiger partial charge >= 0.3 is 5.97 Å². The summed E-state index contributed by atoms with van der Waals surface area (Å²) >= 11 is 6.25. The molecule has 2 aliphatic rings. The second kappa shape index (κ2) is 6.74. The van der Waals surface area contributed by atoms with E-state index in [9.17, 15) is 9.59 Å². The fourth-order valence-corrected chi connectivity index (χ4v) is 3.87. The fourth-order valence-electron chi connectivity index (χ4n) is 3.69. The van der Waals surface area contributed by atoms with Crippen molar-refractivity contribution >= 4 is 29.2 Å². The normalized spacial score (nSPS) is 19.2. The number of cyclic esters (lactones) is 1. The first kappa shape index (κ1) is 17.6. The molecule has 0 aromatic heterocycles. The maximum Gasteiger partial charge on any atom is 0.336 e. The molecule has 5 nitrogen and oxygen atoms in total. The molecule has 2 aromatic rings. The lowest BCUT2D eigenvalue weighted by Gasteiger charge is -2.32. The van der Waals surface area contributed by atoms with E-state index in [0.29, 0.717) is 27.7 Å². The Labute approximate surface area is 162 Å². The Kier molecular flexibility index (Phi) is 4.40. The number of halogens is 1. The van der Waals surface area contributed by atoms with Crippen molar-refractivity contribution in [2.45, 2.75) is 19.3 Å². The number of hydrogen-bond donors (Lipinski definition) is 0.